The van der Waals surface area contributed by atoms with E-state index in [9.17, 15) is 10.1 Å². The van der Waals surface area contributed by atoms with Crippen molar-refractivity contribution >= 4 is 11.8 Å². The van der Waals surface area contributed by atoms with Gasteiger partial charge in [-0.05, 0) is 37.1 Å². The van der Waals surface area contributed by atoms with Gasteiger partial charge in [0.05, 0.1) is 12.3 Å². The van der Waals surface area contributed by atoms with Crippen LogP contribution in [0.5, 0.6) is 0 Å². The molecule has 5 rings (SSSR count). The molecule has 8 heteroatoms. The van der Waals surface area contributed by atoms with Crippen molar-refractivity contribution in [3.8, 4) is 17.7 Å². The predicted octanol–water partition coefficient (Wildman–Crippen LogP) is 3.12. The molecule has 0 radical (unpaired) electrons. The molecule has 2 aliphatic heterocycles. The smallest absolute Gasteiger partial charge is 0.266 e. The Morgan fingerprint density at radius 1 is 1.09 bits per heavy atom. The van der Waals surface area contributed by atoms with Gasteiger partial charge in [0.1, 0.15) is 6.07 Å². The van der Waals surface area contributed by atoms with Gasteiger partial charge in [-0.1, -0.05) is 30.3 Å². The summed E-state index contributed by atoms with van der Waals surface area (Å²) in [6.07, 6.45) is 3.49. The summed E-state index contributed by atoms with van der Waals surface area (Å²) in [6, 6.07) is 15.9. The quantitative estimate of drug-likeness (QED) is 0.613. The second-order valence-corrected chi connectivity index (χ2v) is 8.19. The van der Waals surface area contributed by atoms with Gasteiger partial charge in [0.15, 0.2) is 5.76 Å². The van der Waals surface area contributed by atoms with Gasteiger partial charge >= 0.3 is 0 Å². The fourth-order valence-corrected chi connectivity index (χ4v) is 4.56. The number of carbonyl (C=O) groups is 1. The van der Waals surface area contributed by atoms with E-state index in [1.807, 2.05) is 28.0 Å². The predicted molar refractivity (Wildman–Crippen MR) is 118 cm³/mol. The number of aromatic nitrogens is 1. The molecule has 8 nitrogen and oxygen atoms in total. The van der Waals surface area contributed by atoms with Crippen LogP contribution in [0.15, 0.2) is 57.6 Å². The minimum Gasteiger partial charge on any atom is -0.459 e. The summed E-state index contributed by atoms with van der Waals surface area (Å²) in [5.41, 5.74) is 1.47. The molecule has 0 N–H and O–H groups in total. The van der Waals surface area contributed by atoms with Crippen LogP contribution >= 0.6 is 0 Å². The molecule has 0 aliphatic carbocycles. The number of oxazole rings is 1. The molecular formula is C24H25N5O3. The molecule has 0 saturated carbocycles. The summed E-state index contributed by atoms with van der Waals surface area (Å²) in [5, 5.41) is 9.49. The van der Waals surface area contributed by atoms with E-state index in [1.165, 1.54) is 5.56 Å². The van der Waals surface area contributed by atoms with Crippen LogP contribution in [-0.4, -0.2) is 59.5 Å². The highest BCUT2D eigenvalue weighted by Crippen LogP contribution is 2.29. The molecule has 0 bridgehead atoms. The third-order valence-corrected chi connectivity index (χ3v) is 6.20. The third-order valence-electron chi connectivity index (χ3n) is 6.20. The molecule has 4 heterocycles. The van der Waals surface area contributed by atoms with Crippen LogP contribution in [0.1, 0.15) is 24.1 Å². The van der Waals surface area contributed by atoms with Gasteiger partial charge < -0.3 is 18.6 Å². The molecule has 1 unspecified atom stereocenters. The van der Waals surface area contributed by atoms with Gasteiger partial charge in [0.2, 0.25) is 17.5 Å². The van der Waals surface area contributed by atoms with E-state index in [2.05, 4.69) is 28.1 Å². The first-order valence-corrected chi connectivity index (χ1v) is 11.0. The average Bonchev–Trinajstić information content (AvgIpc) is 3.60. The van der Waals surface area contributed by atoms with Crippen LogP contribution in [0.2, 0.25) is 0 Å². The van der Waals surface area contributed by atoms with Crippen molar-refractivity contribution in [2.45, 2.75) is 25.4 Å². The monoisotopic (exact) mass is 431 g/mol. The van der Waals surface area contributed by atoms with E-state index in [4.69, 9.17) is 8.83 Å². The molecule has 0 spiro atoms. The zero-order valence-corrected chi connectivity index (χ0v) is 17.8. The number of piperazine rings is 1. The minimum atomic E-state index is -0.0627. The largest absolute Gasteiger partial charge is 0.459 e. The van der Waals surface area contributed by atoms with E-state index in [-0.39, 0.29) is 17.6 Å². The van der Waals surface area contributed by atoms with E-state index < -0.39 is 0 Å². The number of hydrogen-bond acceptors (Lipinski definition) is 7. The van der Waals surface area contributed by atoms with Crippen LogP contribution in [0.25, 0.3) is 11.7 Å². The molecule has 1 amide bonds. The lowest BCUT2D eigenvalue weighted by Crippen LogP contribution is -2.53. The van der Waals surface area contributed by atoms with E-state index in [0.717, 1.165) is 25.9 Å². The van der Waals surface area contributed by atoms with Crippen molar-refractivity contribution in [1.29, 1.82) is 5.26 Å². The lowest BCUT2D eigenvalue weighted by Gasteiger charge is -2.37. The topological polar surface area (TPSA) is 89.7 Å². The lowest BCUT2D eigenvalue weighted by molar-refractivity contribution is -0.136. The number of nitrogens with zero attached hydrogens (tertiary/aromatic N) is 5. The minimum absolute atomic E-state index is 0.0627. The van der Waals surface area contributed by atoms with E-state index in [1.54, 1.807) is 18.4 Å². The standard InChI is InChI=1S/C24H25N5O3/c25-16-19-24(32-22(26-19)21-9-5-15-31-21)28-13-11-27(12-14-28)23(30)20-8-4-10-29(20)17-18-6-2-1-3-7-18/h1-3,5-7,9,15,20H,4,8,10-14,17H2. The second kappa shape index (κ2) is 8.89. The summed E-state index contributed by atoms with van der Waals surface area (Å²) in [6.45, 7) is 4.13. The maximum absolute atomic E-state index is 13.3. The average molecular weight is 431 g/mol. The zero-order chi connectivity index (χ0) is 21.9. The maximum Gasteiger partial charge on any atom is 0.266 e. The Bertz CT molecular complexity index is 1090. The molecule has 32 heavy (non-hydrogen) atoms. The summed E-state index contributed by atoms with van der Waals surface area (Å²) in [5.74, 6) is 1.42. The Hall–Kier alpha value is -3.57. The van der Waals surface area contributed by atoms with Crippen LogP contribution in [0.4, 0.5) is 5.88 Å². The number of carbonyl (C=O) groups excluding carboxylic acids is 1. The molecule has 2 aromatic heterocycles. The Morgan fingerprint density at radius 2 is 1.91 bits per heavy atom. The van der Waals surface area contributed by atoms with Crippen LogP contribution in [0.3, 0.4) is 0 Å². The van der Waals surface area contributed by atoms with Crippen LogP contribution in [0, 0.1) is 11.3 Å². The molecular weight excluding hydrogens is 406 g/mol. The molecule has 2 aliphatic rings. The van der Waals surface area contributed by atoms with E-state index in [0.29, 0.717) is 43.7 Å². The fraction of sp³-hybridized carbons (Fsp3) is 0.375. The van der Waals surface area contributed by atoms with Gasteiger partial charge in [0.25, 0.3) is 5.89 Å². The number of furan rings is 1. The third kappa shape index (κ3) is 3.99. The first-order valence-electron chi connectivity index (χ1n) is 11.0. The van der Waals surface area contributed by atoms with Crippen molar-refractivity contribution < 1.29 is 13.6 Å². The highest BCUT2D eigenvalue weighted by atomic mass is 16.4. The van der Waals surface area contributed by atoms with Crippen molar-refractivity contribution in [2.24, 2.45) is 0 Å². The van der Waals surface area contributed by atoms with Crippen molar-refractivity contribution in [3.63, 3.8) is 0 Å². The maximum atomic E-state index is 13.3. The first kappa shape index (κ1) is 20.3. The number of rotatable bonds is 5. The highest BCUT2D eigenvalue weighted by molar-refractivity contribution is 5.82. The summed E-state index contributed by atoms with van der Waals surface area (Å²) in [4.78, 5) is 23.8. The number of benzene rings is 1. The van der Waals surface area contributed by atoms with Gasteiger partial charge in [-0.2, -0.15) is 10.2 Å². The Labute approximate surface area is 186 Å². The summed E-state index contributed by atoms with van der Waals surface area (Å²) >= 11 is 0. The summed E-state index contributed by atoms with van der Waals surface area (Å²) < 4.78 is 11.2. The van der Waals surface area contributed by atoms with Gasteiger partial charge in [-0.25, -0.2) is 0 Å². The van der Waals surface area contributed by atoms with Crippen molar-refractivity contribution in [1.82, 2.24) is 14.8 Å². The van der Waals surface area contributed by atoms with Crippen molar-refractivity contribution in [2.75, 3.05) is 37.6 Å². The number of anilines is 1. The first-order chi connectivity index (χ1) is 15.7. The van der Waals surface area contributed by atoms with Gasteiger partial charge in [-0.15, -0.1) is 0 Å². The van der Waals surface area contributed by atoms with Crippen molar-refractivity contribution in [3.05, 3.63) is 60.0 Å². The summed E-state index contributed by atoms with van der Waals surface area (Å²) in [7, 11) is 0. The highest BCUT2D eigenvalue weighted by Gasteiger charge is 2.35. The number of hydrogen-bond donors (Lipinski definition) is 0. The number of amides is 1. The van der Waals surface area contributed by atoms with Crippen LogP contribution < -0.4 is 4.90 Å². The molecule has 1 aromatic carbocycles. The Kier molecular flexibility index (Phi) is 5.65. The zero-order valence-electron chi connectivity index (χ0n) is 17.8. The number of nitriles is 1. The second-order valence-electron chi connectivity index (χ2n) is 8.19. The van der Waals surface area contributed by atoms with Gasteiger partial charge in [0, 0.05) is 32.7 Å². The molecule has 164 valence electrons. The fourth-order valence-electron chi connectivity index (χ4n) is 4.56. The normalized spacial score (nSPS) is 19.3. The lowest BCUT2D eigenvalue weighted by atomic mass is 10.1. The van der Waals surface area contributed by atoms with Gasteiger partial charge in [-0.3, -0.25) is 9.69 Å². The Morgan fingerprint density at radius 3 is 2.62 bits per heavy atom. The van der Waals surface area contributed by atoms with Crippen LogP contribution in [-0.2, 0) is 11.3 Å². The number of likely N-dealkylation sites (tertiary alicyclic amines) is 1. The van der Waals surface area contributed by atoms with E-state index >= 15 is 0 Å². The molecule has 2 fully saturated rings. The molecule has 3 aromatic rings. The molecule has 2 saturated heterocycles. The Balaban J connectivity index is 1.23. The SMILES string of the molecule is N#Cc1nc(-c2ccco2)oc1N1CCN(C(=O)C2CCCN2Cc2ccccc2)CC1. The molecule has 1 atom stereocenters.